The molecule has 0 N–H and O–H groups in total. The quantitative estimate of drug-likeness (QED) is 0.431. The molecule has 2 unspecified atom stereocenters. The maximum Gasteiger partial charge on any atom is 0.325 e. The molecule has 1 aromatic heterocycles. The molecule has 2 aromatic carbocycles. The van der Waals surface area contributed by atoms with Crippen molar-refractivity contribution in [2.45, 2.75) is 13.0 Å². The van der Waals surface area contributed by atoms with Crippen LogP contribution in [0.5, 0.6) is 0 Å². The van der Waals surface area contributed by atoms with Gasteiger partial charge in [0.15, 0.2) is 9.87 Å². The lowest BCUT2D eigenvalue weighted by Gasteiger charge is -2.24. The zero-order chi connectivity index (χ0) is 20.3. The summed E-state index contributed by atoms with van der Waals surface area (Å²) in [7, 11) is 3.93. The van der Waals surface area contributed by atoms with Crippen LogP contribution in [-0.4, -0.2) is 31.2 Å². The van der Waals surface area contributed by atoms with Crippen molar-refractivity contribution in [2.24, 2.45) is 5.92 Å². The Morgan fingerprint density at radius 1 is 1.25 bits per heavy atom. The minimum atomic E-state index is -1.00. The molecule has 1 heterocycles. The fourth-order valence-corrected chi connectivity index (χ4v) is 4.59. The van der Waals surface area contributed by atoms with Crippen molar-refractivity contribution < 1.29 is 9.53 Å². The normalized spacial score (nSPS) is 12.9. The Morgan fingerprint density at radius 3 is 2.54 bits per heavy atom. The molecule has 3 aromatic rings. The van der Waals surface area contributed by atoms with Gasteiger partial charge in [0.05, 0.1) is 28.9 Å². The maximum atomic E-state index is 12.6. The number of carbonyl (C=O) groups excluding carboxylic acids is 1. The van der Waals surface area contributed by atoms with Crippen LogP contribution in [0.3, 0.4) is 0 Å². The SMILES string of the molecule is CCOC(=O)C(C#N)C(c1ccc(N(C)C)cc1)n1c(=S)sc2ccccc21. The molecule has 3 rings (SSSR count). The number of carbonyl (C=O) groups is 1. The summed E-state index contributed by atoms with van der Waals surface area (Å²) in [5, 5.41) is 9.86. The number of thiazole rings is 1. The molecule has 2 atom stereocenters. The minimum absolute atomic E-state index is 0.221. The van der Waals surface area contributed by atoms with E-state index in [2.05, 4.69) is 6.07 Å². The van der Waals surface area contributed by atoms with E-state index in [1.54, 1.807) is 6.92 Å². The first-order valence-corrected chi connectivity index (χ1v) is 10.1. The van der Waals surface area contributed by atoms with Gasteiger partial charge in [-0.15, -0.1) is 11.3 Å². The van der Waals surface area contributed by atoms with Crippen LogP contribution in [0.25, 0.3) is 10.2 Å². The number of ether oxygens (including phenoxy) is 1. The van der Waals surface area contributed by atoms with Crippen LogP contribution in [0.1, 0.15) is 18.5 Å². The van der Waals surface area contributed by atoms with Crippen LogP contribution >= 0.6 is 23.6 Å². The Morgan fingerprint density at radius 2 is 1.93 bits per heavy atom. The lowest BCUT2D eigenvalue weighted by Crippen LogP contribution is -2.28. The largest absolute Gasteiger partial charge is 0.465 e. The van der Waals surface area contributed by atoms with Crippen LogP contribution in [0, 0.1) is 21.2 Å². The van der Waals surface area contributed by atoms with E-state index in [-0.39, 0.29) is 6.61 Å². The highest BCUT2D eigenvalue weighted by molar-refractivity contribution is 7.73. The number of esters is 1. The number of aromatic nitrogens is 1. The lowest BCUT2D eigenvalue weighted by molar-refractivity contribution is -0.146. The second kappa shape index (κ2) is 8.55. The summed E-state index contributed by atoms with van der Waals surface area (Å²) < 4.78 is 8.74. The van der Waals surface area contributed by atoms with E-state index in [1.807, 2.05) is 72.1 Å². The van der Waals surface area contributed by atoms with Gasteiger partial charge in [0, 0.05) is 19.8 Å². The summed E-state index contributed by atoms with van der Waals surface area (Å²) in [4.78, 5) is 14.6. The van der Waals surface area contributed by atoms with Gasteiger partial charge in [0.1, 0.15) is 0 Å². The molecular weight excluding hydrogens is 390 g/mol. The molecule has 0 saturated heterocycles. The van der Waals surface area contributed by atoms with Crippen LogP contribution in [-0.2, 0) is 9.53 Å². The maximum absolute atomic E-state index is 12.6. The third kappa shape index (κ3) is 3.79. The highest BCUT2D eigenvalue weighted by Gasteiger charge is 2.34. The molecule has 0 aliphatic rings. The molecule has 28 heavy (non-hydrogen) atoms. The van der Waals surface area contributed by atoms with Crippen molar-refractivity contribution in [3.8, 4) is 6.07 Å². The molecule has 0 bridgehead atoms. The molecule has 0 saturated carbocycles. The standard InChI is InChI=1S/C21H21N3O2S2/c1-4-26-20(25)16(13-22)19(14-9-11-15(12-10-14)23(2)3)24-17-7-5-6-8-18(17)28-21(24)27/h5-12,16,19H,4H2,1-3H3. The van der Waals surface area contributed by atoms with Gasteiger partial charge >= 0.3 is 5.97 Å². The molecular formula is C21H21N3O2S2. The molecule has 7 heteroatoms. The average molecular weight is 412 g/mol. The van der Waals surface area contributed by atoms with Crippen molar-refractivity contribution in [1.82, 2.24) is 4.57 Å². The number of anilines is 1. The van der Waals surface area contributed by atoms with Gasteiger partial charge in [-0.3, -0.25) is 4.79 Å². The highest BCUT2D eigenvalue weighted by Crippen LogP contribution is 2.35. The van der Waals surface area contributed by atoms with Crippen molar-refractivity contribution in [3.05, 3.63) is 58.0 Å². The van der Waals surface area contributed by atoms with Gasteiger partial charge in [-0.05, 0) is 49.0 Å². The number of para-hydroxylation sites is 1. The molecule has 0 radical (unpaired) electrons. The number of nitriles is 1. The Bertz CT molecular complexity index is 1080. The molecule has 0 aliphatic heterocycles. The van der Waals surface area contributed by atoms with E-state index in [0.29, 0.717) is 3.95 Å². The first-order chi connectivity index (χ1) is 13.5. The molecule has 0 spiro atoms. The van der Waals surface area contributed by atoms with Crippen molar-refractivity contribution in [2.75, 3.05) is 25.6 Å². The highest BCUT2D eigenvalue weighted by atomic mass is 32.1. The van der Waals surface area contributed by atoms with E-state index in [4.69, 9.17) is 17.0 Å². The van der Waals surface area contributed by atoms with E-state index in [1.165, 1.54) is 11.3 Å². The van der Waals surface area contributed by atoms with Crippen molar-refractivity contribution in [3.63, 3.8) is 0 Å². The van der Waals surface area contributed by atoms with Crippen molar-refractivity contribution >= 4 is 45.4 Å². The predicted molar refractivity (Wildman–Crippen MR) is 115 cm³/mol. The Balaban J connectivity index is 2.22. The number of benzene rings is 2. The van der Waals surface area contributed by atoms with Gasteiger partial charge in [0.2, 0.25) is 0 Å². The fourth-order valence-electron chi connectivity index (χ4n) is 3.19. The molecule has 144 valence electrons. The number of hydrogen-bond acceptors (Lipinski definition) is 6. The second-order valence-electron chi connectivity index (χ2n) is 6.50. The number of nitrogens with zero attached hydrogens (tertiary/aromatic N) is 3. The van der Waals surface area contributed by atoms with Crippen LogP contribution in [0.2, 0.25) is 0 Å². The van der Waals surface area contributed by atoms with Gasteiger partial charge in [-0.1, -0.05) is 24.3 Å². The monoisotopic (exact) mass is 411 g/mol. The van der Waals surface area contributed by atoms with Gasteiger partial charge in [-0.25, -0.2) is 0 Å². The van der Waals surface area contributed by atoms with Gasteiger partial charge < -0.3 is 14.2 Å². The van der Waals surface area contributed by atoms with E-state index in [0.717, 1.165) is 21.5 Å². The Labute approximate surface area is 173 Å². The van der Waals surface area contributed by atoms with E-state index >= 15 is 0 Å². The number of fused-ring (bicyclic) bond motifs is 1. The molecule has 0 fully saturated rings. The smallest absolute Gasteiger partial charge is 0.325 e. The number of rotatable bonds is 6. The molecule has 0 amide bonds. The summed E-state index contributed by atoms with van der Waals surface area (Å²) in [6.07, 6.45) is 0. The third-order valence-corrected chi connectivity index (χ3v) is 5.93. The summed E-state index contributed by atoms with van der Waals surface area (Å²) in [6.45, 7) is 1.96. The molecule has 5 nitrogen and oxygen atoms in total. The topological polar surface area (TPSA) is 58.3 Å². The average Bonchev–Trinajstić information content (AvgIpc) is 3.01. The fraction of sp³-hybridized carbons (Fsp3) is 0.286. The number of hydrogen-bond donors (Lipinski definition) is 0. The van der Waals surface area contributed by atoms with Crippen LogP contribution in [0.4, 0.5) is 5.69 Å². The van der Waals surface area contributed by atoms with Crippen molar-refractivity contribution in [1.29, 1.82) is 5.26 Å². The Kier molecular flexibility index (Phi) is 6.12. The lowest BCUT2D eigenvalue weighted by atomic mass is 9.93. The van der Waals surface area contributed by atoms with E-state index in [9.17, 15) is 10.1 Å². The summed E-state index contributed by atoms with van der Waals surface area (Å²) >= 11 is 7.10. The molecule has 0 aliphatic carbocycles. The van der Waals surface area contributed by atoms with Gasteiger partial charge in [0.25, 0.3) is 0 Å². The zero-order valence-electron chi connectivity index (χ0n) is 16.0. The second-order valence-corrected chi connectivity index (χ2v) is 8.17. The van der Waals surface area contributed by atoms with E-state index < -0.39 is 17.9 Å². The first kappa shape index (κ1) is 20.1. The Hall–Kier alpha value is -2.69. The van der Waals surface area contributed by atoms with Crippen LogP contribution in [0.15, 0.2) is 48.5 Å². The summed E-state index contributed by atoms with van der Waals surface area (Å²) in [5.74, 6) is -1.54. The predicted octanol–water partition coefficient (Wildman–Crippen LogP) is 4.79. The summed E-state index contributed by atoms with van der Waals surface area (Å²) in [6, 6.07) is 17.2. The van der Waals surface area contributed by atoms with Crippen LogP contribution < -0.4 is 4.90 Å². The third-order valence-electron chi connectivity index (χ3n) is 4.54. The van der Waals surface area contributed by atoms with Gasteiger partial charge in [-0.2, -0.15) is 5.26 Å². The zero-order valence-corrected chi connectivity index (χ0v) is 17.6. The first-order valence-electron chi connectivity index (χ1n) is 8.91. The summed E-state index contributed by atoms with van der Waals surface area (Å²) in [5.41, 5.74) is 2.78. The minimum Gasteiger partial charge on any atom is -0.465 e.